The molecule has 5 heteroatoms. The van der Waals surface area contributed by atoms with E-state index in [9.17, 15) is 0 Å². The molecule has 1 aliphatic rings. The van der Waals surface area contributed by atoms with Crippen molar-refractivity contribution in [1.82, 2.24) is 10.3 Å². The molecule has 1 N–H and O–H groups in total. The first-order valence-electron chi connectivity index (χ1n) is 6.92. The highest BCUT2D eigenvalue weighted by molar-refractivity contribution is 9.10. The maximum absolute atomic E-state index is 5.64. The summed E-state index contributed by atoms with van der Waals surface area (Å²) in [4.78, 5) is 4.16. The number of benzene rings is 1. The normalized spacial score (nSPS) is 13.2. The zero-order valence-electron chi connectivity index (χ0n) is 11.9. The third-order valence-corrected chi connectivity index (χ3v) is 4.04. The molecular formula is C16H17BrN2O2. The van der Waals surface area contributed by atoms with Crippen molar-refractivity contribution in [1.29, 1.82) is 0 Å². The molecule has 3 rings (SSSR count). The first kappa shape index (κ1) is 14.4. The summed E-state index contributed by atoms with van der Waals surface area (Å²) in [6, 6.07) is 6.12. The summed E-state index contributed by atoms with van der Waals surface area (Å²) >= 11 is 3.54. The van der Waals surface area contributed by atoms with E-state index in [-0.39, 0.29) is 0 Å². The van der Waals surface area contributed by atoms with E-state index in [1.807, 2.05) is 24.5 Å². The number of pyridine rings is 1. The molecule has 2 heterocycles. The van der Waals surface area contributed by atoms with E-state index >= 15 is 0 Å². The summed E-state index contributed by atoms with van der Waals surface area (Å²) in [6.45, 7) is 4.86. The van der Waals surface area contributed by atoms with Gasteiger partial charge in [-0.3, -0.25) is 4.98 Å². The Morgan fingerprint density at radius 2 is 2.10 bits per heavy atom. The van der Waals surface area contributed by atoms with Gasteiger partial charge in [0.1, 0.15) is 13.2 Å². The molecule has 1 aliphatic heterocycles. The van der Waals surface area contributed by atoms with Crippen LogP contribution in [0.1, 0.15) is 16.7 Å². The SMILES string of the molecule is Cc1ccncc1CNCc1cc(Br)c2c(c1)OCCO2. The number of nitrogens with zero attached hydrogens (tertiary/aromatic N) is 1. The van der Waals surface area contributed by atoms with Crippen molar-refractivity contribution >= 4 is 15.9 Å². The molecule has 0 spiro atoms. The largest absolute Gasteiger partial charge is 0.486 e. The monoisotopic (exact) mass is 348 g/mol. The fourth-order valence-electron chi connectivity index (χ4n) is 2.29. The molecule has 0 bridgehead atoms. The van der Waals surface area contributed by atoms with Gasteiger partial charge >= 0.3 is 0 Å². The molecule has 1 aromatic heterocycles. The minimum absolute atomic E-state index is 0.601. The van der Waals surface area contributed by atoms with Crippen molar-refractivity contribution in [3.8, 4) is 11.5 Å². The van der Waals surface area contributed by atoms with Gasteiger partial charge in [-0.15, -0.1) is 0 Å². The third kappa shape index (κ3) is 3.36. The Kier molecular flexibility index (Phi) is 4.41. The number of fused-ring (bicyclic) bond motifs is 1. The van der Waals surface area contributed by atoms with Crippen LogP contribution in [0.4, 0.5) is 0 Å². The average molecular weight is 349 g/mol. The topological polar surface area (TPSA) is 43.4 Å². The zero-order valence-corrected chi connectivity index (χ0v) is 13.4. The molecule has 21 heavy (non-hydrogen) atoms. The van der Waals surface area contributed by atoms with Gasteiger partial charge in [0, 0.05) is 25.5 Å². The number of aryl methyl sites for hydroxylation is 1. The van der Waals surface area contributed by atoms with E-state index in [1.54, 1.807) is 0 Å². The quantitative estimate of drug-likeness (QED) is 0.921. The molecule has 2 aromatic rings. The zero-order chi connectivity index (χ0) is 14.7. The summed E-state index contributed by atoms with van der Waals surface area (Å²) in [6.07, 6.45) is 3.72. The highest BCUT2D eigenvalue weighted by Gasteiger charge is 2.16. The third-order valence-electron chi connectivity index (χ3n) is 3.45. The highest BCUT2D eigenvalue weighted by atomic mass is 79.9. The fraction of sp³-hybridized carbons (Fsp3) is 0.312. The van der Waals surface area contributed by atoms with Gasteiger partial charge in [-0.2, -0.15) is 0 Å². The van der Waals surface area contributed by atoms with Crippen LogP contribution < -0.4 is 14.8 Å². The van der Waals surface area contributed by atoms with Gasteiger partial charge in [-0.25, -0.2) is 0 Å². The van der Waals surface area contributed by atoms with Gasteiger partial charge in [0.2, 0.25) is 0 Å². The number of hydrogen-bond acceptors (Lipinski definition) is 4. The van der Waals surface area contributed by atoms with Crippen LogP contribution in [0, 0.1) is 6.92 Å². The molecule has 0 saturated carbocycles. The standard InChI is InChI=1S/C16H17BrN2O2/c1-11-2-3-18-9-13(11)10-19-8-12-6-14(17)16-15(7-12)20-4-5-21-16/h2-3,6-7,9,19H,4-5,8,10H2,1H3. The Morgan fingerprint density at radius 1 is 1.24 bits per heavy atom. The molecule has 0 radical (unpaired) electrons. The van der Waals surface area contributed by atoms with Gasteiger partial charge in [0.25, 0.3) is 0 Å². The van der Waals surface area contributed by atoms with Gasteiger partial charge in [-0.1, -0.05) is 0 Å². The summed E-state index contributed by atoms with van der Waals surface area (Å²) in [5.74, 6) is 1.61. The van der Waals surface area contributed by atoms with Crippen molar-refractivity contribution in [2.45, 2.75) is 20.0 Å². The van der Waals surface area contributed by atoms with Crippen LogP contribution >= 0.6 is 15.9 Å². The van der Waals surface area contributed by atoms with Gasteiger partial charge < -0.3 is 14.8 Å². The lowest BCUT2D eigenvalue weighted by molar-refractivity contribution is 0.170. The Labute approximate surface area is 132 Å². The maximum atomic E-state index is 5.64. The second-order valence-electron chi connectivity index (χ2n) is 5.01. The van der Waals surface area contributed by atoms with Crippen molar-refractivity contribution in [2.75, 3.05) is 13.2 Å². The minimum Gasteiger partial charge on any atom is -0.486 e. The number of nitrogens with one attached hydrogen (secondary N) is 1. The molecule has 110 valence electrons. The van der Waals surface area contributed by atoms with Crippen molar-refractivity contribution in [3.63, 3.8) is 0 Å². The van der Waals surface area contributed by atoms with Crippen LogP contribution in [0.25, 0.3) is 0 Å². The second-order valence-corrected chi connectivity index (χ2v) is 5.86. The van der Waals surface area contributed by atoms with E-state index in [1.165, 1.54) is 11.1 Å². The molecule has 0 saturated heterocycles. The highest BCUT2D eigenvalue weighted by Crippen LogP contribution is 2.38. The van der Waals surface area contributed by atoms with E-state index in [0.29, 0.717) is 13.2 Å². The molecule has 0 fully saturated rings. The van der Waals surface area contributed by atoms with Crippen LogP contribution in [-0.2, 0) is 13.1 Å². The Bertz CT molecular complexity index is 646. The first-order chi connectivity index (χ1) is 10.2. The van der Waals surface area contributed by atoms with Crippen LogP contribution in [0.15, 0.2) is 35.1 Å². The molecular weight excluding hydrogens is 332 g/mol. The maximum Gasteiger partial charge on any atom is 0.175 e. The molecule has 0 aliphatic carbocycles. The number of aromatic nitrogens is 1. The van der Waals surface area contributed by atoms with Crippen molar-refractivity contribution in [2.24, 2.45) is 0 Å². The van der Waals surface area contributed by atoms with Crippen LogP contribution in [0.2, 0.25) is 0 Å². The van der Waals surface area contributed by atoms with E-state index in [0.717, 1.165) is 34.6 Å². The lowest BCUT2D eigenvalue weighted by atomic mass is 10.1. The summed E-state index contributed by atoms with van der Waals surface area (Å²) < 4.78 is 12.2. The predicted molar refractivity (Wildman–Crippen MR) is 84.6 cm³/mol. The first-order valence-corrected chi connectivity index (χ1v) is 7.71. The van der Waals surface area contributed by atoms with Crippen molar-refractivity contribution in [3.05, 3.63) is 51.8 Å². The van der Waals surface area contributed by atoms with Gasteiger partial charge in [0.15, 0.2) is 11.5 Å². The molecule has 4 nitrogen and oxygen atoms in total. The summed E-state index contributed by atoms with van der Waals surface area (Å²) in [5, 5.41) is 3.44. The fourth-order valence-corrected chi connectivity index (χ4v) is 2.89. The summed E-state index contributed by atoms with van der Waals surface area (Å²) in [7, 11) is 0. The molecule has 0 atom stereocenters. The number of ether oxygens (including phenoxy) is 2. The molecule has 0 amide bonds. The van der Waals surface area contributed by atoms with E-state index in [4.69, 9.17) is 9.47 Å². The van der Waals surface area contributed by atoms with Gasteiger partial charge in [-0.05, 0) is 57.7 Å². The van der Waals surface area contributed by atoms with Crippen LogP contribution in [0.5, 0.6) is 11.5 Å². The number of halogens is 1. The molecule has 0 unspecified atom stereocenters. The average Bonchev–Trinajstić information content (AvgIpc) is 2.49. The lowest BCUT2D eigenvalue weighted by Crippen LogP contribution is -2.17. The summed E-state index contributed by atoms with van der Waals surface area (Å²) in [5.41, 5.74) is 3.63. The second kappa shape index (κ2) is 6.45. The van der Waals surface area contributed by atoms with Crippen LogP contribution in [-0.4, -0.2) is 18.2 Å². The van der Waals surface area contributed by atoms with E-state index in [2.05, 4.69) is 39.2 Å². The predicted octanol–water partition coefficient (Wildman–Crippen LogP) is 3.21. The van der Waals surface area contributed by atoms with E-state index < -0.39 is 0 Å². The Hall–Kier alpha value is -1.59. The number of rotatable bonds is 4. The smallest absolute Gasteiger partial charge is 0.175 e. The molecule has 1 aromatic carbocycles. The number of hydrogen-bond donors (Lipinski definition) is 1. The Morgan fingerprint density at radius 3 is 2.95 bits per heavy atom. The minimum atomic E-state index is 0.601. The van der Waals surface area contributed by atoms with Crippen LogP contribution in [0.3, 0.4) is 0 Å². The van der Waals surface area contributed by atoms with Gasteiger partial charge in [0.05, 0.1) is 4.47 Å². The lowest BCUT2D eigenvalue weighted by Gasteiger charge is -2.20. The Balaban J connectivity index is 1.66. The van der Waals surface area contributed by atoms with Crippen molar-refractivity contribution < 1.29 is 9.47 Å².